The van der Waals surface area contributed by atoms with Crippen molar-refractivity contribution in [3.05, 3.63) is 24.2 Å². The number of nitrogens with one attached hydrogen (secondary N) is 1. The van der Waals surface area contributed by atoms with Crippen LogP contribution in [0.1, 0.15) is 44.3 Å². The van der Waals surface area contributed by atoms with Crippen LogP contribution in [-0.2, 0) is 6.54 Å². The smallest absolute Gasteiger partial charge is 0.117 e. The van der Waals surface area contributed by atoms with Crippen LogP contribution in [0, 0.1) is 5.92 Å². The van der Waals surface area contributed by atoms with Gasteiger partial charge < -0.3 is 9.73 Å². The highest BCUT2D eigenvalue weighted by Crippen LogP contribution is 2.27. The molecule has 0 radical (unpaired) electrons. The first-order valence-corrected chi connectivity index (χ1v) is 7.90. The van der Waals surface area contributed by atoms with Crippen LogP contribution in [0.5, 0.6) is 0 Å². The van der Waals surface area contributed by atoms with Gasteiger partial charge in [-0.25, -0.2) is 0 Å². The van der Waals surface area contributed by atoms with E-state index < -0.39 is 0 Å². The Morgan fingerprint density at radius 2 is 2.11 bits per heavy atom. The number of hydrogen-bond donors (Lipinski definition) is 1. The lowest BCUT2D eigenvalue weighted by molar-refractivity contribution is 0.192. The van der Waals surface area contributed by atoms with Gasteiger partial charge in [0.25, 0.3) is 0 Å². The molecule has 0 aromatic carbocycles. The summed E-state index contributed by atoms with van der Waals surface area (Å²) >= 11 is 0. The van der Waals surface area contributed by atoms with E-state index in [9.17, 15) is 0 Å². The average molecular weight is 262 g/mol. The molecule has 0 spiro atoms. The minimum Gasteiger partial charge on any atom is -0.468 e. The Bertz CT molecular complexity index is 357. The highest BCUT2D eigenvalue weighted by Gasteiger charge is 2.27. The van der Waals surface area contributed by atoms with Crippen molar-refractivity contribution in [3.63, 3.8) is 0 Å². The van der Waals surface area contributed by atoms with Crippen LogP contribution >= 0.6 is 0 Å². The van der Waals surface area contributed by atoms with Gasteiger partial charge in [0, 0.05) is 12.6 Å². The fourth-order valence-electron chi connectivity index (χ4n) is 3.64. The zero-order valence-electron chi connectivity index (χ0n) is 11.8. The van der Waals surface area contributed by atoms with E-state index in [1.54, 1.807) is 6.26 Å². The summed E-state index contributed by atoms with van der Waals surface area (Å²) in [5.41, 5.74) is 0. The molecule has 0 amide bonds. The van der Waals surface area contributed by atoms with Crippen molar-refractivity contribution in [2.24, 2.45) is 5.92 Å². The van der Waals surface area contributed by atoms with E-state index in [0.29, 0.717) is 6.04 Å². The first-order chi connectivity index (χ1) is 9.42. The van der Waals surface area contributed by atoms with E-state index in [2.05, 4.69) is 16.3 Å². The summed E-state index contributed by atoms with van der Waals surface area (Å²) in [5, 5.41) is 3.79. The van der Waals surface area contributed by atoms with Crippen molar-refractivity contribution >= 4 is 0 Å². The minimum absolute atomic E-state index is 0.692. The molecule has 3 rings (SSSR count). The molecular weight excluding hydrogens is 236 g/mol. The summed E-state index contributed by atoms with van der Waals surface area (Å²) in [5.74, 6) is 2.00. The van der Waals surface area contributed by atoms with Crippen molar-refractivity contribution in [1.82, 2.24) is 10.2 Å². The van der Waals surface area contributed by atoms with Gasteiger partial charge in [0.1, 0.15) is 5.76 Å². The van der Waals surface area contributed by atoms with Gasteiger partial charge in [-0.1, -0.05) is 19.3 Å². The van der Waals surface area contributed by atoms with Crippen LogP contribution in [0.15, 0.2) is 22.8 Å². The van der Waals surface area contributed by atoms with E-state index in [-0.39, 0.29) is 0 Å². The van der Waals surface area contributed by atoms with E-state index in [4.69, 9.17) is 4.42 Å². The predicted molar refractivity (Wildman–Crippen MR) is 77.0 cm³/mol. The molecule has 1 atom stereocenters. The summed E-state index contributed by atoms with van der Waals surface area (Å²) in [6, 6.07) is 4.77. The largest absolute Gasteiger partial charge is 0.468 e. The Morgan fingerprint density at radius 1 is 1.21 bits per heavy atom. The Balaban J connectivity index is 1.58. The molecule has 3 heteroatoms. The average Bonchev–Trinajstić information content (AvgIpc) is 2.84. The van der Waals surface area contributed by atoms with Gasteiger partial charge in [0.05, 0.1) is 12.8 Å². The van der Waals surface area contributed by atoms with E-state index in [1.165, 1.54) is 58.2 Å². The summed E-state index contributed by atoms with van der Waals surface area (Å²) in [6.07, 6.45) is 10.2. The number of nitrogens with zero attached hydrogens (tertiary/aromatic N) is 1. The van der Waals surface area contributed by atoms with Gasteiger partial charge in [-0.3, -0.25) is 4.90 Å². The quantitative estimate of drug-likeness (QED) is 0.907. The standard InChI is InChI=1S/C16H26N2O/c1-2-6-14(7-3-1)16-13-18(10-5-9-17-16)12-15-8-4-11-19-15/h4,8,11,14,16-17H,1-3,5-7,9-10,12-13H2. The second-order valence-corrected chi connectivity index (χ2v) is 6.13. The van der Waals surface area contributed by atoms with Crippen molar-refractivity contribution in [2.75, 3.05) is 19.6 Å². The maximum Gasteiger partial charge on any atom is 0.117 e. The first-order valence-electron chi connectivity index (χ1n) is 7.90. The van der Waals surface area contributed by atoms with E-state index in [0.717, 1.165) is 18.2 Å². The molecule has 1 unspecified atom stereocenters. The molecular formula is C16H26N2O. The second-order valence-electron chi connectivity index (χ2n) is 6.13. The second kappa shape index (κ2) is 6.58. The molecule has 19 heavy (non-hydrogen) atoms. The molecule has 1 aliphatic carbocycles. The first kappa shape index (κ1) is 13.2. The van der Waals surface area contributed by atoms with Crippen LogP contribution in [-0.4, -0.2) is 30.6 Å². The van der Waals surface area contributed by atoms with Gasteiger partial charge in [-0.15, -0.1) is 0 Å². The van der Waals surface area contributed by atoms with Crippen molar-refractivity contribution in [1.29, 1.82) is 0 Å². The molecule has 3 nitrogen and oxygen atoms in total. The third kappa shape index (κ3) is 3.61. The van der Waals surface area contributed by atoms with Crippen molar-refractivity contribution in [3.8, 4) is 0 Å². The van der Waals surface area contributed by atoms with E-state index in [1.807, 2.05) is 6.07 Å². The highest BCUT2D eigenvalue weighted by molar-refractivity contribution is 4.98. The zero-order valence-corrected chi connectivity index (χ0v) is 11.8. The summed E-state index contributed by atoms with van der Waals surface area (Å²) < 4.78 is 5.50. The van der Waals surface area contributed by atoms with Gasteiger partial charge in [-0.2, -0.15) is 0 Å². The highest BCUT2D eigenvalue weighted by atomic mass is 16.3. The fourth-order valence-corrected chi connectivity index (χ4v) is 3.64. The monoisotopic (exact) mass is 262 g/mol. The molecule has 2 aliphatic rings. The molecule has 2 heterocycles. The summed E-state index contributed by atoms with van der Waals surface area (Å²) in [4.78, 5) is 2.57. The molecule has 0 bridgehead atoms. The van der Waals surface area contributed by atoms with Gasteiger partial charge in [0.2, 0.25) is 0 Å². The minimum atomic E-state index is 0.692. The Kier molecular flexibility index (Phi) is 4.57. The van der Waals surface area contributed by atoms with Gasteiger partial charge in [-0.05, 0) is 50.4 Å². The van der Waals surface area contributed by atoms with Crippen molar-refractivity contribution in [2.45, 2.75) is 51.1 Å². The van der Waals surface area contributed by atoms with Crippen LogP contribution in [0.25, 0.3) is 0 Å². The van der Waals surface area contributed by atoms with Crippen molar-refractivity contribution < 1.29 is 4.42 Å². The molecule has 1 saturated carbocycles. The zero-order chi connectivity index (χ0) is 12.9. The Labute approximate surface area is 116 Å². The maximum absolute atomic E-state index is 5.50. The summed E-state index contributed by atoms with van der Waals surface area (Å²) in [6.45, 7) is 4.52. The predicted octanol–water partition coefficient (Wildman–Crippen LogP) is 3.02. The fraction of sp³-hybridized carbons (Fsp3) is 0.750. The Hall–Kier alpha value is -0.800. The lowest BCUT2D eigenvalue weighted by Crippen LogP contribution is -2.43. The molecule has 2 fully saturated rings. The Morgan fingerprint density at radius 3 is 2.89 bits per heavy atom. The van der Waals surface area contributed by atoms with Crippen LogP contribution < -0.4 is 5.32 Å². The van der Waals surface area contributed by atoms with Crippen LogP contribution in [0.4, 0.5) is 0 Å². The molecule has 1 aromatic rings. The van der Waals surface area contributed by atoms with Crippen LogP contribution in [0.2, 0.25) is 0 Å². The maximum atomic E-state index is 5.50. The lowest BCUT2D eigenvalue weighted by atomic mass is 9.83. The molecule has 1 saturated heterocycles. The summed E-state index contributed by atoms with van der Waals surface area (Å²) in [7, 11) is 0. The third-order valence-electron chi connectivity index (χ3n) is 4.69. The SMILES string of the molecule is c1coc(CN2CCCNC(C3CCCCC3)C2)c1. The van der Waals surface area contributed by atoms with E-state index >= 15 is 0 Å². The number of rotatable bonds is 3. The topological polar surface area (TPSA) is 28.4 Å². The molecule has 1 aromatic heterocycles. The lowest BCUT2D eigenvalue weighted by Gasteiger charge is -2.32. The normalized spacial score (nSPS) is 27.3. The van der Waals surface area contributed by atoms with Crippen LogP contribution in [0.3, 0.4) is 0 Å². The number of hydrogen-bond acceptors (Lipinski definition) is 3. The molecule has 1 N–H and O–H groups in total. The van der Waals surface area contributed by atoms with Gasteiger partial charge in [0.15, 0.2) is 0 Å². The third-order valence-corrected chi connectivity index (χ3v) is 4.69. The molecule has 1 aliphatic heterocycles. The number of furan rings is 1. The van der Waals surface area contributed by atoms with Gasteiger partial charge >= 0.3 is 0 Å². The molecule has 106 valence electrons.